The van der Waals surface area contributed by atoms with Crippen LogP contribution in [0.5, 0.6) is 0 Å². The van der Waals surface area contributed by atoms with Gasteiger partial charge in [-0.25, -0.2) is 0 Å². The molecular formula is C20H24N2O. The first-order valence-electron chi connectivity index (χ1n) is 8.30. The number of carbonyl (C=O) groups excluding carboxylic acids is 1. The Bertz CT molecular complexity index is 678. The molecule has 23 heavy (non-hydrogen) atoms. The third-order valence-corrected chi connectivity index (χ3v) is 4.61. The van der Waals surface area contributed by atoms with Crippen LogP contribution in [0.25, 0.3) is 0 Å². The number of benzene rings is 2. The van der Waals surface area contributed by atoms with E-state index in [-0.39, 0.29) is 11.9 Å². The van der Waals surface area contributed by atoms with Crippen molar-refractivity contribution in [2.24, 2.45) is 0 Å². The molecule has 1 N–H and O–H groups in total. The van der Waals surface area contributed by atoms with Gasteiger partial charge in [0.15, 0.2) is 0 Å². The second-order valence-electron chi connectivity index (χ2n) is 6.27. The zero-order valence-electron chi connectivity index (χ0n) is 13.9. The standard InChI is InChI=1S/C20H24N2O/c1-3-15-8-10-16(11-9-15)14-22(2)20(23)19-12-17-6-4-5-7-18(17)13-21-19/h4-11,19,21H,3,12-14H2,1-2H3. The molecular weight excluding hydrogens is 284 g/mol. The van der Waals surface area contributed by atoms with E-state index >= 15 is 0 Å². The van der Waals surface area contributed by atoms with Crippen molar-refractivity contribution in [3.63, 3.8) is 0 Å². The van der Waals surface area contributed by atoms with Gasteiger partial charge < -0.3 is 10.2 Å². The van der Waals surface area contributed by atoms with E-state index in [9.17, 15) is 4.79 Å². The summed E-state index contributed by atoms with van der Waals surface area (Å²) < 4.78 is 0. The summed E-state index contributed by atoms with van der Waals surface area (Å²) in [6.45, 7) is 3.57. The lowest BCUT2D eigenvalue weighted by Gasteiger charge is -2.29. The largest absolute Gasteiger partial charge is 0.340 e. The van der Waals surface area contributed by atoms with Crippen molar-refractivity contribution in [2.75, 3.05) is 7.05 Å². The fraction of sp³-hybridized carbons (Fsp3) is 0.350. The molecule has 0 saturated heterocycles. The van der Waals surface area contributed by atoms with Crippen molar-refractivity contribution in [3.05, 3.63) is 70.8 Å². The van der Waals surface area contributed by atoms with Gasteiger partial charge in [0.1, 0.15) is 0 Å². The Kier molecular flexibility index (Phi) is 4.77. The Balaban J connectivity index is 1.63. The summed E-state index contributed by atoms with van der Waals surface area (Å²) in [4.78, 5) is 14.5. The summed E-state index contributed by atoms with van der Waals surface area (Å²) in [6.07, 6.45) is 1.81. The first-order valence-corrected chi connectivity index (χ1v) is 8.30. The van der Waals surface area contributed by atoms with Gasteiger partial charge in [0.2, 0.25) is 5.91 Å². The summed E-state index contributed by atoms with van der Waals surface area (Å²) in [5.74, 6) is 0.166. The Morgan fingerprint density at radius 1 is 1.09 bits per heavy atom. The lowest BCUT2D eigenvalue weighted by Crippen LogP contribution is -2.48. The van der Waals surface area contributed by atoms with E-state index in [4.69, 9.17) is 0 Å². The summed E-state index contributed by atoms with van der Waals surface area (Å²) in [5, 5.41) is 3.37. The van der Waals surface area contributed by atoms with Crippen molar-refractivity contribution in [1.82, 2.24) is 10.2 Å². The van der Waals surface area contributed by atoms with Gasteiger partial charge in [0, 0.05) is 20.1 Å². The number of nitrogens with zero attached hydrogens (tertiary/aromatic N) is 1. The van der Waals surface area contributed by atoms with E-state index in [1.165, 1.54) is 22.3 Å². The maximum atomic E-state index is 12.7. The Labute approximate surface area is 138 Å². The van der Waals surface area contributed by atoms with Gasteiger partial charge in [-0.1, -0.05) is 55.5 Å². The van der Waals surface area contributed by atoms with Crippen molar-refractivity contribution in [1.29, 1.82) is 0 Å². The van der Waals surface area contributed by atoms with Crippen molar-refractivity contribution >= 4 is 5.91 Å². The number of rotatable bonds is 4. The molecule has 1 unspecified atom stereocenters. The topological polar surface area (TPSA) is 32.3 Å². The summed E-state index contributed by atoms with van der Waals surface area (Å²) >= 11 is 0. The normalized spacial score (nSPS) is 16.7. The lowest BCUT2D eigenvalue weighted by molar-refractivity contribution is -0.132. The molecule has 0 bridgehead atoms. The number of nitrogens with one attached hydrogen (secondary N) is 1. The smallest absolute Gasteiger partial charge is 0.240 e. The summed E-state index contributed by atoms with van der Waals surface area (Å²) in [7, 11) is 1.89. The minimum Gasteiger partial charge on any atom is -0.340 e. The number of fused-ring (bicyclic) bond motifs is 1. The van der Waals surface area contributed by atoms with Crippen molar-refractivity contribution in [2.45, 2.75) is 38.9 Å². The molecule has 2 aromatic rings. The zero-order chi connectivity index (χ0) is 16.2. The summed E-state index contributed by atoms with van der Waals surface area (Å²) in [5.41, 5.74) is 5.09. The number of likely N-dealkylation sites (N-methyl/N-ethyl adjacent to an activating group) is 1. The van der Waals surface area contributed by atoms with Crippen LogP contribution in [0.15, 0.2) is 48.5 Å². The average Bonchev–Trinajstić information content (AvgIpc) is 2.61. The molecule has 0 fully saturated rings. The maximum Gasteiger partial charge on any atom is 0.240 e. The minimum atomic E-state index is -0.121. The minimum absolute atomic E-state index is 0.121. The molecule has 1 aliphatic heterocycles. The van der Waals surface area contributed by atoms with Crippen LogP contribution in [0.3, 0.4) is 0 Å². The molecule has 1 atom stereocenters. The van der Waals surface area contributed by atoms with Crippen LogP contribution in [0.4, 0.5) is 0 Å². The highest BCUT2D eigenvalue weighted by Gasteiger charge is 2.26. The molecule has 0 spiro atoms. The van der Waals surface area contributed by atoms with Crippen LogP contribution in [-0.2, 0) is 30.7 Å². The number of amides is 1. The van der Waals surface area contributed by atoms with E-state index in [1.54, 1.807) is 0 Å². The predicted octanol–water partition coefficient (Wildman–Crippen LogP) is 2.92. The molecule has 1 amide bonds. The fourth-order valence-electron chi connectivity index (χ4n) is 3.13. The van der Waals surface area contributed by atoms with Gasteiger partial charge in [0.25, 0.3) is 0 Å². The van der Waals surface area contributed by atoms with E-state index in [1.807, 2.05) is 18.0 Å². The molecule has 120 valence electrons. The van der Waals surface area contributed by atoms with Crippen molar-refractivity contribution in [3.8, 4) is 0 Å². The van der Waals surface area contributed by atoms with Crippen LogP contribution in [0.1, 0.15) is 29.2 Å². The first-order chi connectivity index (χ1) is 11.2. The van der Waals surface area contributed by atoms with Gasteiger partial charge in [-0.05, 0) is 35.1 Å². The van der Waals surface area contributed by atoms with Crippen molar-refractivity contribution < 1.29 is 4.79 Å². The Hall–Kier alpha value is -2.13. The van der Waals surface area contributed by atoms with Crippen LogP contribution in [-0.4, -0.2) is 23.9 Å². The molecule has 0 saturated carbocycles. The quantitative estimate of drug-likeness (QED) is 0.942. The predicted molar refractivity (Wildman–Crippen MR) is 93.1 cm³/mol. The van der Waals surface area contributed by atoms with E-state index < -0.39 is 0 Å². The second-order valence-corrected chi connectivity index (χ2v) is 6.27. The van der Waals surface area contributed by atoms with E-state index in [0.29, 0.717) is 6.54 Å². The average molecular weight is 308 g/mol. The molecule has 3 heteroatoms. The van der Waals surface area contributed by atoms with E-state index in [2.05, 4.69) is 54.7 Å². The molecule has 1 heterocycles. The van der Waals surface area contributed by atoms with Crippen LogP contribution in [0.2, 0.25) is 0 Å². The zero-order valence-corrected chi connectivity index (χ0v) is 13.9. The molecule has 1 aliphatic rings. The van der Waals surface area contributed by atoms with Crippen LogP contribution in [0, 0.1) is 0 Å². The molecule has 2 aromatic carbocycles. The highest BCUT2D eigenvalue weighted by molar-refractivity contribution is 5.82. The number of hydrogen-bond acceptors (Lipinski definition) is 2. The first kappa shape index (κ1) is 15.8. The second kappa shape index (κ2) is 6.97. The van der Waals surface area contributed by atoms with Gasteiger partial charge in [-0.15, -0.1) is 0 Å². The maximum absolute atomic E-state index is 12.7. The van der Waals surface area contributed by atoms with Gasteiger partial charge in [-0.3, -0.25) is 4.79 Å². The van der Waals surface area contributed by atoms with Gasteiger partial charge in [-0.2, -0.15) is 0 Å². The monoisotopic (exact) mass is 308 g/mol. The third kappa shape index (κ3) is 3.62. The van der Waals surface area contributed by atoms with Gasteiger partial charge >= 0.3 is 0 Å². The van der Waals surface area contributed by atoms with Gasteiger partial charge in [0.05, 0.1) is 6.04 Å². The Morgan fingerprint density at radius 2 is 1.74 bits per heavy atom. The molecule has 3 nitrogen and oxygen atoms in total. The molecule has 0 aliphatic carbocycles. The SMILES string of the molecule is CCc1ccc(CN(C)C(=O)C2Cc3ccccc3CN2)cc1. The third-order valence-electron chi connectivity index (χ3n) is 4.61. The molecule has 0 radical (unpaired) electrons. The molecule has 0 aromatic heterocycles. The summed E-state index contributed by atoms with van der Waals surface area (Å²) in [6, 6.07) is 16.7. The fourth-order valence-corrected chi connectivity index (χ4v) is 3.13. The number of carbonyl (C=O) groups is 1. The van der Waals surface area contributed by atoms with E-state index in [0.717, 1.165) is 19.4 Å². The Morgan fingerprint density at radius 3 is 2.43 bits per heavy atom. The lowest BCUT2D eigenvalue weighted by atomic mass is 9.95. The highest BCUT2D eigenvalue weighted by Crippen LogP contribution is 2.18. The van der Waals surface area contributed by atoms with Crippen LogP contribution < -0.4 is 5.32 Å². The number of aryl methyl sites for hydroxylation is 1. The molecule has 3 rings (SSSR count). The number of hydrogen-bond donors (Lipinski definition) is 1. The van der Waals surface area contributed by atoms with Crippen LogP contribution >= 0.6 is 0 Å². The highest BCUT2D eigenvalue weighted by atomic mass is 16.2.